The summed E-state index contributed by atoms with van der Waals surface area (Å²) in [6.45, 7) is 2.12. The Morgan fingerprint density at radius 1 is 1.19 bits per heavy atom. The molecule has 0 atom stereocenters. The fourth-order valence-corrected chi connectivity index (χ4v) is 3.68. The molecule has 8 heteroatoms. The van der Waals surface area contributed by atoms with E-state index in [-0.39, 0.29) is 21.4 Å². The van der Waals surface area contributed by atoms with E-state index in [1.54, 1.807) is 37.3 Å². The number of imide groups is 1. The SMILES string of the molecule is CCOc1cc(/C=C2\SC(=O)N(c3ccccc3Cl)C2=O)cc(Cl)c1O. The van der Waals surface area contributed by atoms with Crippen molar-refractivity contribution in [2.24, 2.45) is 0 Å². The molecule has 1 aliphatic rings. The van der Waals surface area contributed by atoms with E-state index in [0.29, 0.717) is 22.9 Å². The van der Waals surface area contributed by atoms with E-state index in [0.717, 1.165) is 16.7 Å². The van der Waals surface area contributed by atoms with E-state index in [4.69, 9.17) is 27.9 Å². The summed E-state index contributed by atoms with van der Waals surface area (Å²) >= 11 is 12.9. The molecule has 5 nitrogen and oxygen atoms in total. The summed E-state index contributed by atoms with van der Waals surface area (Å²) in [7, 11) is 0. The highest BCUT2D eigenvalue weighted by molar-refractivity contribution is 8.19. The number of halogens is 2. The Kier molecular flexibility index (Phi) is 5.46. The minimum Gasteiger partial charge on any atom is -0.503 e. The lowest BCUT2D eigenvalue weighted by Gasteiger charge is -2.13. The third-order valence-corrected chi connectivity index (χ3v) is 5.01. The smallest absolute Gasteiger partial charge is 0.298 e. The van der Waals surface area contributed by atoms with Crippen LogP contribution in [0, 0.1) is 0 Å². The fourth-order valence-electron chi connectivity index (χ4n) is 2.40. The number of hydrogen-bond donors (Lipinski definition) is 1. The van der Waals surface area contributed by atoms with Crippen molar-refractivity contribution in [3.63, 3.8) is 0 Å². The molecule has 1 N–H and O–H groups in total. The van der Waals surface area contributed by atoms with E-state index >= 15 is 0 Å². The maximum absolute atomic E-state index is 12.7. The highest BCUT2D eigenvalue weighted by Gasteiger charge is 2.37. The number of para-hydroxylation sites is 1. The molecule has 0 unspecified atom stereocenters. The van der Waals surface area contributed by atoms with Gasteiger partial charge < -0.3 is 9.84 Å². The molecule has 0 saturated carbocycles. The summed E-state index contributed by atoms with van der Waals surface area (Å²) in [5, 5.41) is 9.86. The number of carbonyl (C=O) groups excluding carboxylic acids is 2. The number of hydrogen-bond acceptors (Lipinski definition) is 5. The second kappa shape index (κ2) is 7.61. The summed E-state index contributed by atoms with van der Waals surface area (Å²) in [5.74, 6) is -0.443. The molecule has 26 heavy (non-hydrogen) atoms. The Bertz CT molecular complexity index is 929. The van der Waals surface area contributed by atoms with Crippen LogP contribution in [0.25, 0.3) is 6.08 Å². The molecule has 0 spiro atoms. The third-order valence-electron chi connectivity index (χ3n) is 3.54. The Morgan fingerprint density at radius 3 is 2.62 bits per heavy atom. The Morgan fingerprint density at radius 2 is 1.92 bits per heavy atom. The van der Waals surface area contributed by atoms with Crippen LogP contribution in [0.4, 0.5) is 10.5 Å². The summed E-state index contributed by atoms with van der Waals surface area (Å²) in [6, 6.07) is 9.66. The van der Waals surface area contributed by atoms with Crippen LogP contribution in [0.2, 0.25) is 10.0 Å². The number of thioether (sulfide) groups is 1. The van der Waals surface area contributed by atoms with Crippen LogP contribution in [0.3, 0.4) is 0 Å². The molecule has 2 aromatic rings. The molecule has 3 rings (SSSR count). The van der Waals surface area contributed by atoms with Crippen molar-refractivity contribution in [3.8, 4) is 11.5 Å². The fraction of sp³-hybridized carbons (Fsp3) is 0.111. The maximum atomic E-state index is 12.7. The average Bonchev–Trinajstić information content (AvgIpc) is 2.87. The van der Waals surface area contributed by atoms with Crippen LogP contribution in [0.15, 0.2) is 41.3 Å². The molecule has 1 aliphatic heterocycles. The molecular weight excluding hydrogens is 397 g/mol. The van der Waals surface area contributed by atoms with Crippen molar-refractivity contribution in [1.29, 1.82) is 0 Å². The van der Waals surface area contributed by atoms with Gasteiger partial charge in [0.25, 0.3) is 11.1 Å². The molecule has 0 aliphatic carbocycles. The number of carbonyl (C=O) groups is 2. The standard InChI is InChI=1S/C18H13Cl2NO4S/c1-2-25-14-8-10(7-12(20)16(14)22)9-15-17(23)21(18(24)26-15)13-6-4-3-5-11(13)19/h3-9,22H,2H2,1H3/b15-9-. The van der Waals surface area contributed by atoms with Gasteiger partial charge in [-0.15, -0.1) is 0 Å². The number of aromatic hydroxyl groups is 1. The molecular formula is C18H13Cl2NO4S. The Labute approximate surface area is 164 Å². The van der Waals surface area contributed by atoms with E-state index in [1.807, 2.05) is 0 Å². The van der Waals surface area contributed by atoms with Crippen molar-refractivity contribution in [2.45, 2.75) is 6.92 Å². The topological polar surface area (TPSA) is 66.8 Å². The van der Waals surface area contributed by atoms with Crippen molar-refractivity contribution < 1.29 is 19.4 Å². The normalized spacial score (nSPS) is 15.8. The van der Waals surface area contributed by atoms with Gasteiger partial charge in [0, 0.05) is 0 Å². The van der Waals surface area contributed by atoms with Gasteiger partial charge in [0.2, 0.25) is 0 Å². The van der Waals surface area contributed by atoms with Crippen LogP contribution in [-0.4, -0.2) is 22.9 Å². The number of anilines is 1. The zero-order chi connectivity index (χ0) is 18.8. The van der Waals surface area contributed by atoms with E-state index < -0.39 is 11.1 Å². The number of benzene rings is 2. The average molecular weight is 410 g/mol. The van der Waals surface area contributed by atoms with Crippen molar-refractivity contribution >= 4 is 57.9 Å². The van der Waals surface area contributed by atoms with Gasteiger partial charge >= 0.3 is 0 Å². The lowest BCUT2D eigenvalue weighted by molar-refractivity contribution is -0.113. The first-order valence-corrected chi connectivity index (χ1v) is 9.17. The molecule has 2 aromatic carbocycles. The number of phenolic OH excluding ortho intramolecular Hbond substituents is 1. The van der Waals surface area contributed by atoms with Crippen molar-refractivity contribution in [2.75, 3.05) is 11.5 Å². The van der Waals surface area contributed by atoms with Gasteiger partial charge in [0.1, 0.15) is 0 Å². The largest absolute Gasteiger partial charge is 0.503 e. The van der Waals surface area contributed by atoms with Gasteiger partial charge in [0.15, 0.2) is 11.5 Å². The van der Waals surface area contributed by atoms with Gasteiger partial charge in [-0.3, -0.25) is 9.59 Å². The third kappa shape index (κ3) is 3.53. The van der Waals surface area contributed by atoms with Crippen molar-refractivity contribution in [3.05, 3.63) is 56.9 Å². The number of ether oxygens (including phenoxy) is 1. The van der Waals surface area contributed by atoms with Gasteiger partial charge in [-0.25, -0.2) is 4.90 Å². The number of phenols is 1. The zero-order valence-corrected chi connectivity index (χ0v) is 15.9. The van der Waals surface area contributed by atoms with Gasteiger partial charge in [0.05, 0.1) is 27.2 Å². The van der Waals surface area contributed by atoms with Gasteiger partial charge in [-0.2, -0.15) is 0 Å². The lowest BCUT2D eigenvalue weighted by atomic mass is 10.1. The first-order chi connectivity index (χ1) is 12.4. The lowest BCUT2D eigenvalue weighted by Crippen LogP contribution is -2.27. The number of nitrogens with zero attached hydrogens (tertiary/aromatic N) is 1. The Hall–Kier alpha value is -2.15. The predicted octanol–water partition coefficient (Wildman–Crippen LogP) is 5.34. The first kappa shape index (κ1) is 18.6. The van der Waals surface area contributed by atoms with Gasteiger partial charge in [-0.1, -0.05) is 35.3 Å². The van der Waals surface area contributed by atoms with Crippen LogP contribution in [0.5, 0.6) is 11.5 Å². The first-order valence-electron chi connectivity index (χ1n) is 7.60. The second-order valence-electron chi connectivity index (χ2n) is 5.25. The minimum atomic E-state index is -0.477. The van der Waals surface area contributed by atoms with Crippen LogP contribution < -0.4 is 9.64 Å². The summed E-state index contributed by atoms with van der Waals surface area (Å²) in [4.78, 5) is 26.2. The number of rotatable bonds is 4. The molecule has 1 heterocycles. The summed E-state index contributed by atoms with van der Waals surface area (Å²) in [5.41, 5.74) is 0.861. The zero-order valence-electron chi connectivity index (χ0n) is 13.5. The molecule has 1 fully saturated rings. The summed E-state index contributed by atoms with van der Waals surface area (Å²) in [6.07, 6.45) is 1.52. The van der Waals surface area contributed by atoms with E-state index in [1.165, 1.54) is 12.1 Å². The van der Waals surface area contributed by atoms with E-state index in [2.05, 4.69) is 0 Å². The Balaban J connectivity index is 1.97. The van der Waals surface area contributed by atoms with Crippen LogP contribution >= 0.6 is 35.0 Å². The quantitative estimate of drug-likeness (QED) is 0.690. The molecule has 0 bridgehead atoms. The van der Waals surface area contributed by atoms with Gasteiger partial charge in [-0.05, 0) is 54.6 Å². The summed E-state index contributed by atoms with van der Waals surface area (Å²) < 4.78 is 5.33. The second-order valence-corrected chi connectivity index (χ2v) is 7.06. The van der Waals surface area contributed by atoms with E-state index in [9.17, 15) is 14.7 Å². The maximum Gasteiger partial charge on any atom is 0.298 e. The van der Waals surface area contributed by atoms with Crippen LogP contribution in [0.1, 0.15) is 12.5 Å². The molecule has 0 radical (unpaired) electrons. The molecule has 134 valence electrons. The van der Waals surface area contributed by atoms with Crippen molar-refractivity contribution in [1.82, 2.24) is 0 Å². The molecule has 2 amide bonds. The molecule has 0 aromatic heterocycles. The number of amides is 2. The minimum absolute atomic E-state index is 0.0903. The molecule has 1 saturated heterocycles. The monoisotopic (exact) mass is 409 g/mol. The highest BCUT2D eigenvalue weighted by atomic mass is 35.5. The van der Waals surface area contributed by atoms with Crippen LogP contribution in [-0.2, 0) is 4.79 Å². The predicted molar refractivity (Wildman–Crippen MR) is 104 cm³/mol. The highest BCUT2D eigenvalue weighted by Crippen LogP contribution is 2.40.